The molecule has 3 aliphatic rings. The van der Waals surface area contributed by atoms with E-state index in [-0.39, 0.29) is 12.0 Å². The number of carboxylic acids is 1. The maximum atomic E-state index is 10.7. The first-order valence-corrected chi connectivity index (χ1v) is 9.22. The molecular formula is C20H25NO4. The number of hydrogen-bond acceptors (Lipinski definition) is 4. The summed E-state index contributed by atoms with van der Waals surface area (Å²) in [6, 6.07) is 5.86. The number of fused-ring (bicyclic) bond motifs is 5. The third-order valence-corrected chi connectivity index (χ3v) is 6.81. The molecule has 3 aliphatic carbocycles. The third-order valence-electron chi connectivity index (χ3n) is 6.81. The normalized spacial score (nSPS) is 34.9. The minimum atomic E-state index is -0.986. The molecule has 0 spiro atoms. The molecule has 0 unspecified atom stereocenters. The van der Waals surface area contributed by atoms with E-state index >= 15 is 0 Å². The summed E-state index contributed by atoms with van der Waals surface area (Å²) in [4.78, 5) is 15.7. The highest BCUT2D eigenvalue weighted by molar-refractivity contribution is 5.92. The highest BCUT2D eigenvalue weighted by atomic mass is 16.6. The van der Waals surface area contributed by atoms with Crippen molar-refractivity contribution in [3.63, 3.8) is 0 Å². The number of aryl methyl sites for hydroxylation is 1. The average molecular weight is 343 g/mol. The molecule has 0 bridgehead atoms. The molecule has 2 fully saturated rings. The van der Waals surface area contributed by atoms with E-state index < -0.39 is 5.97 Å². The number of phenols is 1. The van der Waals surface area contributed by atoms with E-state index in [4.69, 9.17) is 9.94 Å². The monoisotopic (exact) mass is 343 g/mol. The van der Waals surface area contributed by atoms with Crippen molar-refractivity contribution < 1.29 is 19.8 Å². The number of benzene rings is 1. The Kier molecular flexibility index (Phi) is 3.97. The van der Waals surface area contributed by atoms with Gasteiger partial charge in [-0.1, -0.05) is 18.1 Å². The average Bonchev–Trinajstić information content (AvgIpc) is 2.91. The molecule has 1 aromatic rings. The largest absolute Gasteiger partial charge is 0.508 e. The number of oxime groups is 1. The molecule has 5 nitrogen and oxygen atoms in total. The van der Waals surface area contributed by atoms with Crippen LogP contribution in [0.25, 0.3) is 0 Å². The van der Waals surface area contributed by atoms with Crippen LogP contribution in [0.3, 0.4) is 0 Å². The van der Waals surface area contributed by atoms with Crippen molar-refractivity contribution in [2.75, 3.05) is 6.61 Å². The van der Waals surface area contributed by atoms with Crippen LogP contribution in [0.2, 0.25) is 0 Å². The maximum Gasteiger partial charge on any atom is 0.344 e. The Balaban J connectivity index is 1.58. The van der Waals surface area contributed by atoms with E-state index in [0.717, 1.165) is 44.2 Å². The molecule has 1 aromatic carbocycles. The van der Waals surface area contributed by atoms with Crippen LogP contribution in [0, 0.1) is 17.3 Å². The zero-order valence-electron chi connectivity index (χ0n) is 14.6. The van der Waals surface area contributed by atoms with Crippen LogP contribution in [0.1, 0.15) is 56.1 Å². The van der Waals surface area contributed by atoms with Gasteiger partial charge in [-0.05, 0) is 79.5 Å². The zero-order chi connectivity index (χ0) is 17.6. The highest BCUT2D eigenvalue weighted by Crippen LogP contribution is 2.59. The lowest BCUT2D eigenvalue weighted by Crippen LogP contribution is -2.42. The van der Waals surface area contributed by atoms with Crippen molar-refractivity contribution in [3.05, 3.63) is 29.3 Å². The van der Waals surface area contributed by atoms with Gasteiger partial charge in [0, 0.05) is 5.41 Å². The van der Waals surface area contributed by atoms with Gasteiger partial charge >= 0.3 is 5.97 Å². The molecule has 4 rings (SSSR count). The highest BCUT2D eigenvalue weighted by Gasteiger charge is 2.53. The van der Waals surface area contributed by atoms with Crippen LogP contribution >= 0.6 is 0 Å². The van der Waals surface area contributed by atoms with E-state index in [1.54, 1.807) is 0 Å². The van der Waals surface area contributed by atoms with E-state index in [9.17, 15) is 9.90 Å². The summed E-state index contributed by atoms with van der Waals surface area (Å²) in [6.45, 7) is 1.92. The Morgan fingerprint density at radius 2 is 2.16 bits per heavy atom. The molecule has 0 aromatic heterocycles. The van der Waals surface area contributed by atoms with Crippen LogP contribution < -0.4 is 0 Å². The Morgan fingerprint density at radius 1 is 1.32 bits per heavy atom. The molecule has 5 heteroatoms. The number of rotatable bonds is 3. The van der Waals surface area contributed by atoms with Crippen LogP contribution in [-0.2, 0) is 16.1 Å². The number of aromatic hydroxyl groups is 1. The SMILES string of the molecule is C[C@@]12CC[C@@H]3c4ccc(O)cc4CC[C@@H]3[C@@H]1CC/C2=N\OCC(=O)O. The Bertz CT molecular complexity index is 728. The van der Waals surface area contributed by atoms with Gasteiger partial charge in [0.05, 0.1) is 5.71 Å². The molecule has 25 heavy (non-hydrogen) atoms. The maximum absolute atomic E-state index is 10.7. The second-order valence-corrected chi connectivity index (χ2v) is 8.00. The summed E-state index contributed by atoms with van der Waals surface area (Å²) in [5, 5.41) is 22.7. The second kappa shape index (κ2) is 6.04. The molecule has 4 atom stereocenters. The van der Waals surface area contributed by atoms with Gasteiger partial charge in [-0.3, -0.25) is 0 Å². The molecule has 0 amide bonds. The fourth-order valence-corrected chi connectivity index (χ4v) is 5.67. The van der Waals surface area contributed by atoms with Crippen molar-refractivity contribution in [1.29, 1.82) is 0 Å². The Hall–Kier alpha value is -2.04. The van der Waals surface area contributed by atoms with Gasteiger partial charge in [-0.15, -0.1) is 0 Å². The van der Waals surface area contributed by atoms with Crippen molar-refractivity contribution in [3.8, 4) is 5.75 Å². The van der Waals surface area contributed by atoms with Gasteiger partial charge in [0.2, 0.25) is 6.61 Å². The lowest BCUT2D eigenvalue weighted by atomic mass is 9.55. The van der Waals surface area contributed by atoms with Gasteiger partial charge in [0.1, 0.15) is 5.75 Å². The number of phenolic OH excluding ortho intramolecular Hbond substituents is 1. The van der Waals surface area contributed by atoms with Crippen LogP contribution in [0.15, 0.2) is 23.4 Å². The van der Waals surface area contributed by atoms with Crippen molar-refractivity contribution >= 4 is 11.7 Å². The standard InChI is InChI=1S/C20H25NO4/c1-20-9-8-15-14-5-3-13(22)10-12(14)2-4-16(15)17(20)6-7-18(20)21-25-11-19(23)24/h3,5,10,15-17,22H,2,4,6-9,11H2,1H3,(H,23,24)/b21-18+/t15-,16+,17+,20-/m1/s1. The van der Waals surface area contributed by atoms with Gasteiger partial charge in [-0.2, -0.15) is 0 Å². The minimum Gasteiger partial charge on any atom is -0.508 e. The van der Waals surface area contributed by atoms with Crippen molar-refractivity contribution in [1.82, 2.24) is 0 Å². The lowest BCUT2D eigenvalue weighted by molar-refractivity contribution is -0.142. The Labute approximate surface area is 147 Å². The van der Waals surface area contributed by atoms with Crippen LogP contribution in [0.4, 0.5) is 0 Å². The first-order valence-electron chi connectivity index (χ1n) is 9.22. The number of aliphatic carboxylic acids is 1. The summed E-state index contributed by atoms with van der Waals surface area (Å²) in [5.74, 6) is 1.17. The predicted octanol–water partition coefficient (Wildman–Crippen LogP) is 3.71. The molecule has 2 N–H and O–H groups in total. The molecule has 0 aliphatic heterocycles. The fraction of sp³-hybridized carbons (Fsp3) is 0.600. The molecular weight excluding hydrogens is 318 g/mol. The van der Waals surface area contributed by atoms with Gasteiger partial charge in [0.25, 0.3) is 0 Å². The number of nitrogens with zero attached hydrogens (tertiary/aromatic N) is 1. The molecule has 0 heterocycles. The molecule has 0 saturated heterocycles. The fourth-order valence-electron chi connectivity index (χ4n) is 5.67. The Morgan fingerprint density at radius 3 is 2.96 bits per heavy atom. The summed E-state index contributed by atoms with van der Waals surface area (Å²) in [5.41, 5.74) is 3.81. The van der Waals surface area contributed by atoms with Crippen molar-refractivity contribution in [2.24, 2.45) is 22.4 Å². The van der Waals surface area contributed by atoms with Crippen molar-refractivity contribution in [2.45, 2.75) is 51.4 Å². The third kappa shape index (κ3) is 2.70. The van der Waals surface area contributed by atoms with Gasteiger partial charge in [-0.25, -0.2) is 4.79 Å². The lowest BCUT2D eigenvalue weighted by Gasteiger charge is -2.49. The van der Waals surface area contributed by atoms with E-state index in [1.807, 2.05) is 12.1 Å². The summed E-state index contributed by atoms with van der Waals surface area (Å²) < 4.78 is 0. The topological polar surface area (TPSA) is 79.1 Å². The zero-order valence-corrected chi connectivity index (χ0v) is 14.6. The summed E-state index contributed by atoms with van der Waals surface area (Å²) >= 11 is 0. The van der Waals surface area contributed by atoms with Gasteiger partial charge in [0.15, 0.2) is 0 Å². The molecule has 134 valence electrons. The number of carbonyl (C=O) groups is 1. The van der Waals surface area contributed by atoms with Gasteiger partial charge < -0.3 is 15.1 Å². The molecule has 0 radical (unpaired) electrons. The van der Waals surface area contributed by atoms with E-state index in [1.165, 1.54) is 11.1 Å². The second-order valence-electron chi connectivity index (χ2n) is 8.00. The minimum absolute atomic E-state index is 0.0358. The summed E-state index contributed by atoms with van der Waals surface area (Å²) in [7, 11) is 0. The molecule has 2 saturated carbocycles. The first-order chi connectivity index (χ1) is 12.0. The smallest absolute Gasteiger partial charge is 0.344 e. The number of hydrogen-bond donors (Lipinski definition) is 2. The van der Waals surface area contributed by atoms with Crippen LogP contribution in [-0.4, -0.2) is 28.5 Å². The first kappa shape index (κ1) is 16.4. The van der Waals surface area contributed by atoms with E-state index in [0.29, 0.717) is 23.5 Å². The van der Waals surface area contributed by atoms with Crippen LogP contribution in [0.5, 0.6) is 5.75 Å². The predicted molar refractivity (Wildman–Crippen MR) is 93.7 cm³/mol. The summed E-state index contributed by atoms with van der Waals surface area (Å²) in [6.07, 6.45) is 6.39. The van der Waals surface area contributed by atoms with E-state index in [2.05, 4.69) is 18.1 Å². The number of carboxylic acid groups (broad SMARTS) is 1. The quantitative estimate of drug-likeness (QED) is 0.820.